The lowest BCUT2D eigenvalue weighted by molar-refractivity contribution is 0.0690. The van der Waals surface area contributed by atoms with Crippen molar-refractivity contribution in [3.8, 4) is 16.8 Å². The molecule has 2 aliphatic heterocycles. The van der Waals surface area contributed by atoms with Gasteiger partial charge in [0.05, 0.1) is 16.8 Å². The molecule has 6 rings (SSSR count). The van der Waals surface area contributed by atoms with E-state index >= 15 is 0 Å². The Bertz CT molecular complexity index is 1690. The van der Waals surface area contributed by atoms with E-state index < -0.39 is 5.97 Å². The molecule has 0 aliphatic carbocycles. The summed E-state index contributed by atoms with van der Waals surface area (Å²) >= 11 is 13.2. The number of nitrogens with zero attached hydrogens (tertiary/aromatic N) is 7. The monoisotopic (exact) mass is 533 g/mol. The van der Waals surface area contributed by atoms with Gasteiger partial charge in [-0.15, -0.1) is 5.10 Å². The molecule has 4 aromatic rings. The lowest BCUT2D eigenvalue weighted by atomic mass is 9.99. The maximum absolute atomic E-state index is 13.5. The standard InChI is InChI=1S/C25H17Cl2N7O3/c26-15-1-2-20(33-12-30-31-32-33)16(9-15)17-10-23(35)34-21(3-4-22(34)24(17)27)18-8-14(11-29-18)13-5-6-28-19(7-13)25(36)37/h1-2,5-7,9-12,21H,3-4,8H2,(H,36,37)/t21-/m0/s1. The van der Waals surface area contributed by atoms with Gasteiger partial charge in [0.25, 0.3) is 5.56 Å². The molecule has 0 saturated heterocycles. The van der Waals surface area contributed by atoms with Gasteiger partial charge in [-0.05, 0) is 64.7 Å². The molecule has 0 saturated carbocycles. The number of aromatic nitrogens is 6. The second-order valence-corrected chi connectivity index (χ2v) is 9.50. The summed E-state index contributed by atoms with van der Waals surface area (Å²) in [5.41, 5.74) is 4.76. The molecule has 12 heteroatoms. The quantitative estimate of drug-likeness (QED) is 0.405. The number of benzene rings is 1. The molecule has 2 aliphatic rings. The Morgan fingerprint density at radius 1 is 1.11 bits per heavy atom. The molecule has 184 valence electrons. The first-order chi connectivity index (χ1) is 17.9. The third-order valence-electron chi connectivity index (χ3n) is 6.59. The molecule has 5 heterocycles. The molecule has 1 aromatic carbocycles. The van der Waals surface area contributed by atoms with E-state index in [2.05, 4.69) is 25.5 Å². The Morgan fingerprint density at radius 3 is 2.76 bits per heavy atom. The zero-order chi connectivity index (χ0) is 25.7. The van der Waals surface area contributed by atoms with Crippen LogP contribution in [0, 0.1) is 0 Å². The van der Waals surface area contributed by atoms with Gasteiger partial charge in [0, 0.05) is 52.4 Å². The van der Waals surface area contributed by atoms with Crippen molar-refractivity contribution >= 4 is 40.5 Å². The first kappa shape index (κ1) is 23.3. The molecular formula is C25H17Cl2N7O3. The number of hydrogen-bond donors (Lipinski definition) is 1. The van der Waals surface area contributed by atoms with E-state index in [9.17, 15) is 14.7 Å². The van der Waals surface area contributed by atoms with Gasteiger partial charge < -0.3 is 9.67 Å². The number of tetrazole rings is 1. The van der Waals surface area contributed by atoms with Crippen molar-refractivity contribution in [1.82, 2.24) is 29.8 Å². The molecule has 1 N–H and O–H groups in total. The highest BCUT2D eigenvalue weighted by atomic mass is 35.5. The number of aliphatic imine (C=N–C) groups is 1. The third-order valence-corrected chi connectivity index (χ3v) is 7.25. The van der Waals surface area contributed by atoms with Crippen LogP contribution in [0.1, 0.15) is 40.6 Å². The van der Waals surface area contributed by atoms with E-state index in [4.69, 9.17) is 23.2 Å². The van der Waals surface area contributed by atoms with Crippen LogP contribution in [-0.2, 0) is 6.42 Å². The van der Waals surface area contributed by atoms with Gasteiger partial charge in [-0.3, -0.25) is 9.79 Å². The van der Waals surface area contributed by atoms with Gasteiger partial charge in [0.1, 0.15) is 12.0 Å². The summed E-state index contributed by atoms with van der Waals surface area (Å²) < 4.78 is 3.20. The Labute approximate surface area is 219 Å². The highest BCUT2D eigenvalue weighted by Gasteiger charge is 2.32. The number of hydrogen-bond acceptors (Lipinski definition) is 7. The van der Waals surface area contributed by atoms with Crippen LogP contribution in [0.25, 0.3) is 22.4 Å². The van der Waals surface area contributed by atoms with Gasteiger partial charge in [-0.1, -0.05) is 23.2 Å². The van der Waals surface area contributed by atoms with E-state index in [0.29, 0.717) is 46.1 Å². The van der Waals surface area contributed by atoms with E-state index in [1.54, 1.807) is 35.0 Å². The minimum absolute atomic E-state index is 0.0318. The highest BCUT2D eigenvalue weighted by molar-refractivity contribution is 6.34. The van der Waals surface area contributed by atoms with Crippen molar-refractivity contribution < 1.29 is 9.90 Å². The number of aromatic carboxylic acids is 1. The van der Waals surface area contributed by atoms with E-state index in [1.807, 2.05) is 0 Å². The van der Waals surface area contributed by atoms with Crippen LogP contribution >= 0.6 is 23.2 Å². The van der Waals surface area contributed by atoms with Crippen molar-refractivity contribution in [1.29, 1.82) is 0 Å². The lowest BCUT2D eigenvalue weighted by Crippen LogP contribution is -2.27. The minimum Gasteiger partial charge on any atom is -0.477 e. The summed E-state index contributed by atoms with van der Waals surface area (Å²) in [6, 6.07) is 9.77. The summed E-state index contributed by atoms with van der Waals surface area (Å²) in [5.74, 6) is -1.09. The SMILES string of the molecule is O=C(O)c1cc(C2=CN=C([C@@H]3CCc4c(Cl)c(-c5cc(Cl)ccc5-n5cnnn5)cc(=O)n43)C2)ccn1. The first-order valence-electron chi connectivity index (χ1n) is 11.3. The zero-order valence-electron chi connectivity index (χ0n) is 19.0. The van der Waals surface area contributed by atoms with Gasteiger partial charge in [-0.2, -0.15) is 4.68 Å². The number of halogens is 2. The fourth-order valence-electron chi connectivity index (χ4n) is 4.91. The van der Waals surface area contributed by atoms with Crippen LogP contribution in [0.15, 0.2) is 64.9 Å². The molecule has 10 nitrogen and oxygen atoms in total. The van der Waals surface area contributed by atoms with Crippen molar-refractivity contribution in [2.45, 2.75) is 25.3 Å². The summed E-state index contributed by atoms with van der Waals surface area (Å²) in [6.07, 6.45) is 6.41. The van der Waals surface area contributed by atoms with Gasteiger partial charge in [0.15, 0.2) is 0 Å². The Balaban J connectivity index is 1.35. The molecular weight excluding hydrogens is 517 g/mol. The summed E-state index contributed by atoms with van der Waals surface area (Å²) in [7, 11) is 0. The van der Waals surface area contributed by atoms with Crippen molar-refractivity contribution in [3.63, 3.8) is 0 Å². The molecule has 0 radical (unpaired) electrons. The highest BCUT2D eigenvalue weighted by Crippen LogP contribution is 2.40. The smallest absolute Gasteiger partial charge is 0.354 e. The van der Waals surface area contributed by atoms with Crippen LogP contribution in [0.3, 0.4) is 0 Å². The fraction of sp³-hybridized carbons (Fsp3) is 0.160. The van der Waals surface area contributed by atoms with Crippen molar-refractivity contribution in [2.75, 3.05) is 0 Å². The number of fused-ring (bicyclic) bond motifs is 1. The van der Waals surface area contributed by atoms with Crippen molar-refractivity contribution in [2.24, 2.45) is 4.99 Å². The van der Waals surface area contributed by atoms with Crippen LogP contribution in [0.2, 0.25) is 10.0 Å². The van der Waals surface area contributed by atoms with Crippen LogP contribution in [0.5, 0.6) is 0 Å². The maximum atomic E-state index is 13.5. The molecule has 0 amide bonds. The maximum Gasteiger partial charge on any atom is 0.354 e. The number of carbonyl (C=O) groups is 1. The second kappa shape index (κ2) is 9.06. The second-order valence-electron chi connectivity index (χ2n) is 8.68. The third kappa shape index (κ3) is 4.04. The number of rotatable bonds is 5. The summed E-state index contributed by atoms with van der Waals surface area (Å²) in [5, 5.41) is 21.6. The molecule has 0 fully saturated rings. The van der Waals surface area contributed by atoms with Crippen LogP contribution in [0.4, 0.5) is 0 Å². The fourth-order valence-corrected chi connectivity index (χ4v) is 5.42. The largest absolute Gasteiger partial charge is 0.477 e. The molecule has 1 atom stereocenters. The average Bonchev–Trinajstić information content (AvgIpc) is 3.67. The normalized spacial score (nSPS) is 16.4. The van der Waals surface area contributed by atoms with Crippen molar-refractivity contribution in [3.05, 3.63) is 92.5 Å². The number of carboxylic acids is 1. The predicted molar refractivity (Wildman–Crippen MR) is 137 cm³/mol. The van der Waals surface area contributed by atoms with E-state index in [1.165, 1.54) is 29.3 Å². The Hall–Kier alpha value is -4.15. The first-order valence-corrected chi connectivity index (χ1v) is 12.1. The van der Waals surface area contributed by atoms with Crippen LogP contribution in [-0.4, -0.2) is 46.5 Å². The summed E-state index contributed by atoms with van der Waals surface area (Å²) in [4.78, 5) is 33.2. The Morgan fingerprint density at radius 2 is 1.97 bits per heavy atom. The molecule has 0 spiro atoms. The summed E-state index contributed by atoms with van der Waals surface area (Å²) in [6.45, 7) is 0. The van der Waals surface area contributed by atoms with Crippen LogP contribution < -0.4 is 5.56 Å². The Kier molecular flexibility index (Phi) is 5.69. The zero-order valence-corrected chi connectivity index (χ0v) is 20.6. The van der Waals surface area contributed by atoms with E-state index in [-0.39, 0.29) is 17.3 Å². The van der Waals surface area contributed by atoms with Gasteiger partial charge in [-0.25, -0.2) is 9.78 Å². The molecule has 37 heavy (non-hydrogen) atoms. The topological polar surface area (TPSA) is 128 Å². The average molecular weight is 534 g/mol. The number of allylic oxidation sites excluding steroid dienone is 1. The molecule has 0 bridgehead atoms. The van der Waals surface area contributed by atoms with E-state index in [0.717, 1.165) is 22.5 Å². The number of carboxylic acid groups (broad SMARTS) is 1. The molecule has 0 unspecified atom stereocenters. The van der Waals surface area contributed by atoms with Gasteiger partial charge >= 0.3 is 5.97 Å². The number of pyridine rings is 2. The molecule has 3 aromatic heterocycles. The predicted octanol–water partition coefficient (Wildman–Crippen LogP) is 4.26. The van der Waals surface area contributed by atoms with Gasteiger partial charge in [0.2, 0.25) is 0 Å². The lowest BCUT2D eigenvalue weighted by Gasteiger charge is -2.18. The minimum atomic E-state index is -1.09.